The molecule has 0 saturated carbocycles. The first kappa shape index (κ1) is 14.4. The molecule has 2 nitrogen and oxygen atoms in total. The third kappa shape index (κ3) is 9.67. The molecule has 0 aromatic heterocycles. The third-order valence-corrected chi connectivity index (χ3v) is 1.95. The van der Waals surface area contributed by atoms with E-state index in [0.29, 0.717) is 12.0 Å². The Hall–Kier alpha value is -0.630. The number of hydrogen-bond donors (Lipinski definition) is 0. The Bertz CT molecular complexity index is 211. The SMILES string of the molecule is C=C(C)C(=O)CCCCOCC(C)(C)C. The molecular formula is C13H24O2. The van der Waals surface area contributed by atoms with Crippen molar-refractivity contribution in [3.8, 4) is 0 Å². The standard InChI is InChI=1S/C13H24O2/c1-11(2)12(14)8-6-7-9-15-10-13(3,4)5/h1,6-10H2,2-5H3. The third-order valence-electron chi connectivity index (χ3n) is 1.95. The molecule has 0 fully saturated rings. The van der Waals surface area contributed by atoms with Gasteiger partial charge in [0.1, 0.15) is 0 Å². The van der Waals surface area contributed by atoms with Gasteiger partial charge in [0.25, 0.3) is 0 Å². The molecule has 0 saturated heterocycles. The number of ketones is 1. The molecule has 0 aromatic rings. The van der Waals surface area contributed by atoms with Crippen molar-refractivity contribution in [3.05, 3.63) is 12.2 Å². The summed E-state index contributed by atoms with van der Waals surface area (Å²) in [4.78, 5) is 11.2. The van der Waals surface area contributed by atoms with Crippen LogP contribution in [-0.4, -0.2) is 19.0 Å². The smallest absolute Gasteiger partial charge is 0.157 e. The second-order valence-electron chi connectivity index (χ2n) is 5.27. The first-order valence-electron chi connectivity index (χ1n) is 5.59. The van der Waals surface area contributed by atoms with E-state index in [1.807, 2.05) is 0 Å². The zero-order valence-electron chi connectivity index (χ0n) is 10.6. The molecular weight excluding hydrogens is 188 g/mol. The molecule has 0 atom stereocenters. The van der Waals surface area contributed by atoms with Crippen molar-refractivity contribution >= 4 is 5.78 Å². The van der Waals surface area contributed by atoms with Crippen LogP contribution in [0.3, 0.4) is 0 Å². The molecule has 88 valence electrons. The molecule has 0 aliphatic rings. The minimum atomic E-state index is 0.172. The van der Waals surface area contributed by atoms with Gasteiger partial charge in [0.15, 0.2) is 5.78 Å². The van der Waals surface area contributed by atoms with Gasteiger partial charge in [-0.1, -0.05) is 27.4 Å². The van der Waals surface area contributed by atoms with Crippen LogP contribution >= 0.6 is 0 Å². The predicted octanol–water partition coefficient (Wildman–Crippen LogP) is 3.36. The molecule has 0 radical (unpaired) electrons. The highest BCUT2D eigenvalue weighted by Crippen LogP contribution is 2.13. The molecule has 0 bridgehead atoms. The molecule has 0 aliphatic heterocycles. The van der Waals surface area contributed by atoms with Crippen molar-refractivity contribution in [2.24, 2.45) is 5.41 Å². The lowest BCUT2D eigenvalue weighted by molar-refractivity contribution is -0.115. The molecule has 0 N–H and O–H groups in total. The van der Waals surface area contributed by atoms with Crippen LogP contribution in [0.5, 0.6) is 0 Å². The van der Waals surface area contributed by atoms with Gasteiger partial charge in [0, 0.05) is 13.0 Å². The van der Waals surface area contributed by atoms with Crippen molar-refractivity contribution in [3.63, 3.8) is 0 Å². The predicted molar refractivity (Wildman–Crippen MR) is 63.9 cm³/mol. The largest absolute Gasteiger partial charge is 0.381 e. The number of carbonyl (C=O) groups excluding carboxylic acids is 1. The second-order valence-corrected chi connectivity index (χ2v) is 5.27. The number of carbonyl (C=O) groups is 1. The van der Waals surface area contributed by atoms with E-state index in [9.17, 15) is 4.79 Å². The lowest BCUT2D eigenvalue weighted by Crippen LogP contribution is -2.15. The Morgan fingerprint density at radius 3 is 2.33 bits per heavy atom. The number of Topliss-reactive ketones (excluding diaryl/α,β-unsaturated/α-hetero) is 1. The molecule has 0 unspecified atom stereocenters. The average molecular weight is 212 g/mol. The number of unbranched alkanes of at least 4 members (excludes halogenated alkanes) is 1. The van der Waals surface area contributed by atoms with E-state index in [4.69, 9.17) is 4.74 Å². The highest BCUT2D eigenvalue weighted by atomic mass is 16.5. The van der Waals surface area contributed by atoms with E-state index in [-0.39, 0.29) is 11.2 Å². The fourth-order valence-electron chi connectivity index (χ4n) is 1.08. The van der Waals surface area contributed by atoms with Crippen LogP contribution in [0.2, 0.25) is 0 Å². The molecule has 0 spiro atoms. The summed E-state index contributed by atoms with van der Waals surface area (Å²) < 4.78 is 5.51. The normalized spacial score (nSPS) is 11.5. The summed E-state index contributed by atoms with van der Waals surface area (Å²) >= 11 is 0. The van der Waals surface area contributed by atoms with Gasteiger partial charge in [0.05, 0.1) is 6.61 Å². The van der Waals surface area contributed by atoms with Crippen molar-refractivity contribution in [1.82, 2.24) is 0 Å². The summed E-state index contributed by atoms with van der Waals surface area (Å²) in [5.41, 5.74) is 0.888. The topological polar surface area (TPSA) is 26.3 Å². The fraction of sp³-hybridized carbons (Fsp3) is 0.769. The fourth-order valence-corrected chi connectivity index (χ4v) is 1.08. The average Bonchev–Trinajstić information content (AvgIpc) is 2.08. The second kappa shape index (κ2) is 6.78. The zero-order valence-corrected chi connectivity index (χ0v) is 10.6. The number of ether oxygens (including phenoxy) is 1. The summed E-state index contributed by atoms with van der Waals surface area (Å²) in [6.45, 7) is 13.4. The van der Waals surface area contributed by atoms with Crippen LogP contribution in [0.15, 0.2) is 12.2 Å². The lowest BCUT2D eigenvalue weighted by atomic mass is 9.99. The molecule has 2 heteroatoms. The minimum absolute atomic E-state index is 0.172. The number of allylic oxidation sites excluding steroid dienone is 1. The van der Waals surface area contributed by atoms with E-state index in [1.54, 1.807) is 6.92 Å². The van der Waals surface area contributed by atoms with Crippen LogP contribution in [0.4, 0.5) is 0 Å². The van der Waals surface area contributed by atoms with Crippen molar-refractivity contribution in [2.45, 2.75) is 47.0 Å². The Labute approximate surface area is 93.7 Å². The van der Waals surface area contributed by atoms with Crippen molar-refractivity contribution in [2.75, 3.05) is 13.2 Å². The summed E-state index contributed by atoms with van der Waals surface area (Å²) in [7, 11) is 0. The molecule has 0 rings (SSSR count). The quantitative estimate of drug-likeness (QED) is 0.478. The first-order valence-corrected chi connectivity index (χ1v) is 5.59. The molecule has 15 heavy (non-hydrogen) atoms. The van der Waals surface area contributed by atoms with Gasteiger partial charge in [-0.25, -0.2) is 0 Å². The summed E-state index contributed by atoms with van der Waals surface area (Å²) in [6, 6.07) is 0. The van der Waals surface area contributed by atoms with Crippen LogP contribution < -0.4 is 0 Å². The summed E-state index contributed by atoms with van der Waals surface area (Å²) in [5, 5.41) is 0. The Balaban J connectivity index is 3.33. The Morgan fingerprint density at radius 1 is 1.27 bits per heavy atom. The first-order chi connectivity index (χ1) is 6.83. The highest BCUT2D eigenvalue weighted by Gasteiger charge is 2.09. The van der Waals surface area contributed by atoms with Gasteiger partial charge in [-0.3, -0.25) is 4.79 Å². The van der Waals surface area contributed by atoms with E-state index < -0.39 is 0 Å². The molecule has 0 heterocycles. The lowest BCUT2D eigenvalue weighted by Gasteiger charge is -2.17. The monoisotopic (exact) mass is 212 g/mol. The number of rotatable bonds is 7. The van der Waals surface area contributed by atoms with Gasteiger partial charge < -0.3 is 4.74 Å². The van der Waals surface area contributed by atoms with Crippen molar-refractivity contribution in [1.29, 1.82) is 0 Å². The van der Waals surface area contributed by atoms with E-state index in [0.717, 1.165) is 26.1 Å². The molecule has 0 aromatic carbocycles. The molecule has 0 aliphatic carbocycles. The van der Waals surface area contributed by atoms with Gasteiger partial charge >= 0.3 is 0 Å². The van der Waals surface area contributed by atoms with Crippen LogP contribution in [0.25, 0.3) is 0 Å². The van der Waals surface area contributed by atoms with Gasteiger partial charge in [-0.2, -0.15) is 0 Å². The van der Waals surface area contributed by atoms with Crippen LogP contribution in [-0.2, 0) is 9.53 Å². The van der Waals surface area contributed by atoms with Crippen LogP contribution in [0.1, 0.15) is 47.0 Å². The maximum Gasteiger partial charge on any atom is 0.157 e. The van der Waals surface area contributed by atoms with Gasteiger partial charge in [-0.05, 0) is 30.8 Å². The Morgan fingerprint density at radius 2 is 1.87 bits per heavy atom. The summed E-state index contributed by atoms with van der Waals surface area (Å²) in [5.74, 6) is 0.172. The highest BCUT2D eigenvalue weighted by molar-refractivity contribution is 5.93. The van der Waals surface area contributed by atoms with E-state index >= 15 is 0 Å². The van der Waals surface area contributed by atoms with Crippen molar-refractivity contribution < 1.29 is 9.53 Å². The van der Waals surface area contributed by atoms with E-state index in [2.05, 4.69) is 27.4 Å². The van der Waals surface area contributed by atoms with Gasteiger partial charge in [-0.15, -0.1) is 0 Å². The maximum absolute atomic E-state index is 11.2. The maximum atomic E-state index is 11.2. The minimum Gasteiger partial charge on any atom is -0.381 e. The summed E-state index contributed by atoms with van der Waals surface area (Å²) in [6.07, 6.45) is 2.46. The van der Waals surface area contributed by atoms with Crippen LogP contribution in [0, 0.1) is 5.41 Å². The van der Waals surface area contributed by atoms with Gasteiger partial charge in [0.2, 0.25) is 0 Å². The Kier molecular flexibility index (Phi) is 6.50. The molecule has 0 amide bonds. The van der Waals surface area contributed by atoms with E-state index in [1.165, 1.54) is 0 Å². The zero-order chi connectivity index (χ0) is 11.9. The number of hydrogen-bond acceptors (Lipinski definition) is 2.